The molecule has 0 aliphatic carbocycles. The van der Waals surface area contributed by atoms with Crippen LogP contribution in [0.4, 0.5) is 5.82 Å². The van der Waals surface area contributed by atoms with Gasteiger partial charge in [-0.25, -0.2) is 9.97 Å². The second-order valence-corrected chi connectivity index (χ2v) is 4.62. The van der Waals surface area contributed by atoms with Gasteiger partial charge < -0.3 is 9.73 Å². The highest BCUT2D eigenvalue weighted by Gasteiger charge is 2.03. The zero-order chi connectivity index (χ0) is 13.8. The van der Waals surface area contributed by atoms with E-state index in [2.05, 4.69) is 46.5 Å². The van der Waals surface area contributed by atoms with Crippen molar-refractivity contribution in [2.45, 2.75) is 13.5 Å². The summed E-state index contributed by atoms with van der Waals surface area (Å²) in [6.45, 7) is 2.83. The molecule has 100 valence electrons. The highest BCUT2D eigenvalue weighted by atomic mass is 16.3. The predicted molar refractivity (Wildman–Crippen MR) is 78.2 cm³/mol. The summed E-state index contributed by atoms with van der Waals surface area (Å²) < 4.78 is 5.05. The number of nitrogens with one attached hydrogen (secondary N) is 1. The molecule has 0 radical (unpaired) electrons. The Morgan fingerprint density at radius 1 is 1.20 bits per heavy atom. The van der Waals surface area contributed by atoms with Crippen LogP contribution >= 0.6 is 0 Å². The number of hydrogen-bond acceptors (Lipinski definition) is 4. The Bertz CT molecular complexity index is 692. The van der Waals surface area contributed by atoms with E-state index in [9.17, 15) is 0 Å². The van der Waals surface area contributed by atoms with Gasteiger partial charge in [0.2, 0.25) is 0 Å². The summed E-state index contributed by atoms with van der Waals surface area (Å²) in [7, 11) is 0. The van der Waals surface area contributed by atoms with Gasteiger partial charge in [-0.3, -0.25) is 0 Å². The molecular formula is C16H15N3O. The molecule has 0 saturated heterocycles. The van der Waals surface area contributed by atoms with Gasteiger partial charge in [0, 0.05) is 12.7 Å². The zero-order valence-electron chi connectivity index (χ0n) is 11.2. The fraction of sp³-hybridized carbons (Fsp3) is 0.125. The minimum Gasteiger partial charge on any atom is -0.472 e. The molecule has 0 amide bonds. The standard InChI is InChI=1S/C16H15N3O/c1-12-3-2-4-13(9-12)10-18-15-5-7-17-16(19-15)14-6-8-20-11-14/h2-9,11H,10H2,1H3,(H,17,18,19). The quantitative estimate of drug-likeness (QED) is 0.782. The average molecular weight is 265 g/mol. The fourth-order valence-corrected chi connectivity index (χ4v) is 2.00. The number of anilines is 1. The lowest BCUT2D eigenvalue weighted by atomic mass is 10.1. The van der Waals surface area contributed by atoms with E-state index in [1.165, 1.54) is 11.1 Å². The lowest BCUT2D eigenvalue weighted by molar-refractivity contribution is 0.568. The van der Waals surface area contributed by atoms with Crippen LogP contribution in [0.1, 0.15) is 11.1 Å². The molecule has 3 aromatic rings. The van der Waals surface area contributed by atoms with Crippen molar-refractivity contribution in [3.63, 3.8) is 0 Å². The van der Waals surface area contributed by atoms with Gasteiger partial charge in [0.1, 0.15) is 12.1 Å². The first kappa shape index (κ1) is 12.4. The molecule has 0 aliphatic rings. The molecule has 0 bridgehead atoms. The Morgan fingerprint density at radius 2 is 2.15 bits per heavy atom. The van der Waals surface area contributed by atoms with Crippen molar-refractivity contribution in [2.24, 2.45) is 0 Å². The summed E-state index contributed by atoms with van der Waals surface area (Å²) in [5.74, 6) is 1.46. The van der Waals surface area contributed by atoms with E-state index >= 15 is 0 Å². The molecular weight excluding hydrogens is 250 g/mol. The zero-order valence-corrected chi connectivity index (χ0v) is 11.2. The van der Waals surface area contributed by atoms with Crippen molar-refractivity contribution in [1.82, 2.24) is 9.97 Å². The molecule has 3 rings (SSSR count). The molecule has 4 heteroatoms. The third-order valence-electron chi connectivity index (χ3n) is 2.99. The van der Waals surface area contributed by atoms with Crippen LogP contribution in [0.2, 0.25) is 0 Å². The van der Waals surface area contributed by atoms with Gasteiger partial charge in [0.25, 0.3) is 0 Å². The molecule has 0 atom stereocenters. The van der Waals surface area contributed by atoms with Gasteiger partial charge in [-0.1, -0.05) is 29.8 Å². The van der Waals surface area contributed by atoms with Gasteiger partial charge in [-0.15, -0.1) is 0 Å². The van der Waals surface area contributed by atoms with Gasteiger partial charge in [0.15, 0.2) is 5.82 Å². The number of aromatic nitrogens is 2. The average Bonchev–Trinajstić information content (AvgIpc) is 3.00. The third-order valence-corrected chi connectivity index (χ3v) is 2.99. The third kappa shape index (κ3) is 2.85. The summed E-state index contributed by atoms with van der Waals surface area (Å²) in [5.41, 5.74) is 3.36. The summed E-state index contributed by atoms with van der Waals surface area (Å²) in [4.78, 5) is 8.71. The van der Waals surface area contributed by atoms with Gasteiger partial charge >= 0.3 is 0 Å². The van der Waals surface area contributed by atoms with Crippen molar-refractivity contribution < 1.29 is 4.42 Å². The molecule has 1 aromatic carbocycles. The van der Waals surface area contributed by atoms with Crippen molar-refractivity contribution in [3.8, 4) is 11.4 Å². The first-order chi connectivity index (χ1) is 9.81. The predicted octanol–water partition coefficient (Wildman–Crippen LogP) is 3.66. The minimum atomic E-state index is 0.660. The van der Waals surface area contributed by atoms with Crippen LogP contribution in [0.25, 0.3) is 11.4 Å². The van der Waals surface area contributed by atoms with E-state index in [4.69, 9.17) is 4.42 Å². The van der Waals surface area contributed by atoms with E-state index < -0.39 is 0 Å². The highest BCUT2D eigenvalue weighted by Crippen LogP contribution is 2.16. The van der Waals surface area contributed by atoms with Crippen LogP contribution in [0.3, 0.4) is 0 Å². The van der Waals surface area contributed by atoms with Crippen LogP contribution in [0.5, 0.6) is 0 Å². The highest BCUT2D eigenvalue weighted by molar-refractivity contribution is 5.54. The molecule has 4 nitrogen and oxygen atoms in total. The van der Waals surface area contributed by atoms with E-state index in [0.29, 0.717) is 5.82 Å². The molecule has 20 heavy (non-hydrogen) atoms. The van der Waals surface area contributed by atoms with Gasteiger partial charge in [-0.2, -0.15) is 0 Å². The number of furan rings is 1. The maximum absolute atomic E-state index is 5.05. The number of hydrogen-bond donors (Lipinski definition) is 1. The first-order valence-corrected chi connectivity index (χ1v) is 6.46. The maximum atomic E-state index is 5.05. The monoisotopic (exact) mass is 265 g/mol. The number of benzene rings is 1. The Balaban J connectivity index is 1.73. The van der Waals surface area contributed by atoms with Crippen molar-refractivity contribution >= 4 is 5.82 Å². The number of nitrogens with zero attached hydrogens (tertiary/aromatic N) is 2. The van der Waals surface area contributed by atoms with E-state index in [0.717, 1.165) is 17.9 Å². The Kier molecular flexibility index (Phi) is 3.46. The summed E-state index contributed by atoms with van der Waals surface area (Å²) in [6.07, 6.45) is 5.00. The summed E-state index contributed by atoms with van der Waals surface area (Å²) in [6, 6.07) is 12.1. The lowest BCUT2D eigenvalue weighted by Gasteiger charge is -2.07. The van der Waals surface area contributed by atoms with E-state index in [1.54, 1.807) is 18.7 Å². The van der Waals surface area contributed by atoms with Gasteiger partial charge in [-0.05, 0) is 24.6 Å². The van der Waals surface area contributed by atoms with Crippen molar-refractivity contribution in [2.75, 3.05) is 5.32 Å². The second-order valence-electron chi connectivity index (χ2n) is 4.62. The van der Waals surface area contributed by atoms with Crippen LogP contribution in [0.15, 0.2) is 59.5 Å². The maximum Gasteiger partial charge on any atom is 0.164 e. The summed E-state index contributed by atoms with van der Waals surface area (Å²) >= 11 is 0. The molecule has 2 heterocycles. The molecule has 2 aromatic heterocycles. The van der Waals surface area contributed by atoms with Gasteiger partial charge in [0.05, 0.1) is 11.8 Å². The van der Waals surface area contributed by atoms with E-state index in [1.807, 2.05) is 12.1 Å². The molecule has 0 aliphatic heterocycles. The molecule has 1 N–H and O–H groups in total. The SMILES string of the molecule is Cc1cccc(CNc2ccnc(-c3ccoc3)n2)c1. The van der Waals surface area contributed by atoms with Crippen molar-refractivity contribution in [3.05, 3.63) is 66.2 Å². The molecule has 0 spiro atoms. The Hall–Kier alpha value is -2.62. The smallest absolute Gasteiger partial charge is 0.164 e. The summed E-state index contributed by atoms with van der Waals surface area (Å²) in [5, 5.41) is 3.31. The van der Waals surface area contributed by atoms with E-state index in [-0.39, 0.29) is 0 Å². The normalized spacial score (nSPS) is 10.4. The van der Waals surface area contributed by atoms with Crippen LogP contribution in [-0.4, -0.2) is 9.97 Å². The van der Waals surface area contributed by atoms with Crippen LogP contribution < -0.4 is 5.32 Å². The minimum absolute atomic E-state index is 0.660. The second kappa shape index (κ2) is 5.57. The topological polar surface area (TPSA) is 51.0 Å². The Morgan fingerprint density at radius 3 is 2.95 bits per heavy atom. The van der Waals surface area contributed by atoms with Crippen molar-refractivity contribution in [1.29, 1.82) is 0 Å². The fourth-order valence-electron chi connectivity index (χ4n) is 2.00. The van der Waals surface area contributed by atoms with Crippen LogP contribution in [-0.2, 0) is 6.54 Å². The number of rotatable bonds is 4. The molecule has 0 unspecified atom stereocenters. The lowest BCUT2D eigenvalue weighted by Crippen LogP contribution is -2.02. The largest absolute Gasteiger partial charge is 0.472 e. The van der Waals surface area contributed by atoms with Crippen LogP contribution in [0, 0.1) is 6.92 Å². The Labute approximate surface area is 117 Å². The first-order valence-electron chi connectivity index (χ1n) is 6.46. The molecule has 0 fully saturated rings. The molecule has 0 saturated carbocycles. The number of aryl methyl sites for hydroxylation is 1.